The molecular formula is C28H24Cl2N4O4. The topological polar surface area (TPSA) is 113 Å². The van der Waals surface area contributed by atoms with Gasteiger partial charge in [0.05, 0.1) is 34.3 Å². The average molecular weight is 551 g/mol. The Morgan fingerprint density at radius 3 is 2.53 bits per heavy atom. The van der Waals surface area contributed by atoms with E-state index in [0.29, 0.717) is 44.8 Å². The fourth-order valence-corrected chi connectivity index (χ4v) is 4.09. The van der Waals surface area contributed by atoms with Crippen LogP contribution in [0.4, 0.5) is 11.4 Å². The van der Waals surface area contributed by atoms with Gasteiger partial charge in [-0.1, -0.05) is 41.4 Å². The van der Waals surface area contributed by atoms with Gasteiger partial charge in [-0.2, -0.15) is 0 Å². The van der Waals surface area contributed by atoms with E-state index in [2.05, 4.69) is 15.6 Å². The van der Waals surface area contributed by atoms with Crippen molar-refractivity contribution in [3.63, 3.8) is 0 Å². The van der Waals surface area contributed by atoms with Crippen LogP contribution in [0.15, 0.2) is 85.1 Å². The summed E-state index contributed by atoms with van der Waals surface area (Å²) >= 11 is 12.8. The highest BCUT2D eigenvalue weighted by Gasteiger charge is 2.13. The Labute approximate surface area is 229 Å². The molecule has 0 aliphatic rings. The average Bonchev–Trinajstić information content (AvgIpc) is 2.93. The van der Waals surface area contributed by atoms with Crippen molar-refractivity contribution in [2.75, 3.05) is 17.2 Å². The first-order chi connectivity index (χ1) is 18.4. The van der Waals surface area contributed by atoms with E-state index < -0.39 is 5.91 Å². The summed E-state index contributed by atoms with van der Waals surface area (Å²) in [5.74, 6) is -0.279. The van der Waals surface area contributed by atoms with Crippen molar-refractivity contribution in [3.05, 3.63) is 106 Å². The van der Waals surface area contributed by atoms with Crippen LogP contribution in [-0.2, 0) is 11.3 Å². The highest BCUT2D eigenvalue weighted by molar-refractivity contribution is 6.35. The van der Waals surface area contributed by atoms with Crippen LogP contribution in [0.25, 0.3) is 11.3 Å². The molecule has 8 nitrogen and oxygen atoms in total. The van der Waals surface area contributed by atoms with E-state index in [9.17, 15) is 9.59 Å². The Bertz CT molecular complexity index is 1430. The van der Waals surface area contributed by atoms with Gasteiger partial charge < -0.3 is 15.4 Å². The molecule has 3 aromatic carbocycles. The zero-order valence-electron chi connectivity index (χ0n) is 20.1. The first kappa shape index (κ1) is 26.9. The number of nitrogens with zero attached hydrogens (tertiary/aromatic N) is 1. The molecule has 0 radical (unpaired) electrons. The predicted octanol–water partition coefficient (Wildman–Crippen LogP) is 6.19. The number of anilines is 2. The van der Waals surface area contributed by atoms with Gasteiger partial charge in [-0.05, 0) is 60.2 Å². The van der Waals surface area contributed by atoms with Crippen molar-refractivity contribution in [3.8, 4) is 17.0 Å². The Hall–Kier alpha value is -4.11. The molecule has 0 atom stereocenters. The van der Waals surface area contributed by atoms with Crippen molar-refractivity contribution in [1.82, 2.24) is 10.5 Å². The molecule has 0 fully saturated rings. The molecule has 10 heteroatoms. The summed E-state index contributed by atoms with van der Waals surface area (Å²) in [6, 6.07) is 23.2. The number of halogens is 2. The fraction of sp³-hybridized carbons (Fsp3) is 0.107. The van der Waals surface area contributed by atoms with Gasteiger partial charge in [0.25, 0.3) is 5.91 Å². The SMILES string of the molecule is O=C(CCOc1cccc(NCc2ccc(C(=O)Nc3ccc(Cl)c(-c4ccccn4)c3)c(Cl)c2)c1)NO. The van der Waals surface area contributed by atoms with Gasteiger partial charge in [-0.15, -0.1) is 0 Å². The molecule has 0 aliphatic heterocycles. The van der Waals surface area contributed by atoms with Crippen LogP contribution in [0.1, 0.15) is 22.3 Å². The van der Waals surface area contributed by atoms with E-state index in [1.807, 2.05) is 36.4 Å². The van der Waals surface area contributed by atoms with Gasteiger partial charge in [-0.25, -0.2) is 5.48 Å². The lowest BCUT2D eigenvalue weighted by Crippen LogP contribution is -2.20. The largest absolute Gasteiger partial charge is 0.493 e. The molecule has 0 saturated heterocycles. The number of nitrogens with one attached hydrogen (secondary N) is 3. The number of hydrogen-bond acceptors (Lipinski definition) is 6. The molecule has 194 valence electrons. The van der Waals surface area contributed by atoms with Gasteiger partial charge in [0, 0.05) is 35.7 Å². The molecule has 4 aromatic rings. The maximum Gasteiger partial charge on any atom is 0.257 e. The van der Waals surface area contributed by atoms with E-state index in [1.54, 1.807) is 54.1 Å². The van der Waals surface area contributed by atoms with Gasteiger partial charge >= 0.3 is 0 Å². The van der Waals surface area contributed by atoms with Crippen LogP contribution in [0.3, 0.4) is 0 Å². The number of carbonyl (C=O) groups excluding carboxylic acids is 2. The summed E-state index contributed by atoms with van der Waals surface area (Å²) in [6.07, 6.45) is 1.72. The normalized spacial score (nSPS) is 10.5. The third-order valence-electron chi connectivity index (χ3n) is 5.50. The summed E-state index contributed by atoms with van der Waals surface area (Å²) in [7, 11) is 0. The van der Waals surface area contributed by atoms with Crippen LogP contribution in [0, 0.1) is 0 Å². The smallest absolute Gasteiger partial charge is 0.257 e. The monoisotopic (exact) mass is 550 g/mol. The molecule has 1 heterocycles. The first-order valence-electron chi connectivity index (χ1n) is 11.6. The first-order valence-corrected chi connectivity index (χ1v) is 12.4. The Morgan fingerprint density at radius 1 is 0.895 bits per heavy atom. The molecule has 0 spiro atoms. The molecule has 0 aliphatic carbocycles. The van der Waals surface area contributed by atoms with Crippen LogP contribution < -0.4 is 20.9 Å². The number of amides is 2. The highest BCUT2D eigenvalue weighted by Crippen LogP contribution is 2.30. The van der Waals surface area contributed by atoms with Gasteiger partial charge in [0.2, 0.25) is 5.91 Å². The molecule has 4 rings (SSSR count). The number of ether oxygens (including phenoxy) is 1. The zero-order chi connectivity index (χ0) is 26.9. The lowest BCUT2D eigenvalue weighted by Gasteiger charge is -2.12. The van der Waals surface area contributed by atoms with Gasteiger partial charge in [0.1, 0.15) is 5.75 Å². The van der Waals surface area contributed by atoms with Crippen LogP contribution in [0.2, 0.25) is 10.0 Å². The number of benzene rings is 3. The molecule has 2 amide bonds. The second kappa shape index (κ2) is 12.9. The lowest BCUT2D eigenvalue weighted by molar-refractivity contribution is -0.129. The quantitative estimate of drug-likeness (QED) is 0.138. The summed E-state index contributed by atoms with van der Waals surface area (Å²) in [6.45, 7) is 0.595. The van der Waals surface area contributed by atoms with E-state index in [4.69, 9.17) is 33.1 Å². The third kappa shape index (κ3) is 7.23. The van der Waals surface area contributed by atoms with E-state index >= 15 is 0 Å². The minimum absolute atomic E-state index is 0.0377. The highest BCUT2D eigenvalue weighted by atomic mass is 35.5. The summed E-state index contributed by atoms with van der Waals surface area (Å²) in [5.41, 5.74) is 5.57. The van der Waals surface area contributed by atoms with Crippen molar-refractivity contribution < 1.29 is 19.5 Å². The maximum atomic E-state index is 12.9. The minimum atomic E-state index is -0.518. The van der Waals surface area contributed by atoms with Crippen LogP contribution >= 0.6 is 23.2 Å². The maximum absolute atomic E-state index is 12.9. The van der Waals surface area contributed by atoms with Gasteiger partial charge in [0.15, 0.2) is 0 Å². The molecular weight excluding hydrogens is 527 g/mol. The van der Waals surface area contributed by atoms with Crippen LogP contribution in [0.5, 0.6) is 5.75 Å². The predicted molar refractivity (Wildman–Crippen MR) is 148 cm³/mol. The third-order valence-corrected chi connectivity index (χ3v) is 6.14. The zero-order valence-corrected chi connectivity index (χ0v) is 21.6. The molecule has 4 N–H and O–H groups in total. The number of hydroxylamine groups is 1. The second-order valence-electron chi connectivity index (χ2n) is 8.19. The summed E-state index contributed by atoms with van der Waals surface area (Å²) in [4.78, 5) is 28.4. The van der Waals surface area contributed by atoms with Gasteiger partial charge in [-0.3, -0.25) is 19.8 Å². The summed E-state index contributed by atoms with van der Waals surface area (Å²) in [5, 5.41) is 15.5. The van der Waals surface area contributed by atoms with Crippen molar-refractivity contribution in [1.29, 1.82) is 0 Å². The standard InChI is InChI=1S/C28H24Cl2N4O4/c29-24-10-8-20(16-23(24)26-6-1-2-12-31-26)33-28(36)22-9-7-18(14-25(22)30)17-32-19-4-3-5-21(15-19)38-13-11-27(35)34-37/h1-10,12,14-16,32,37H,11,13,17H2,(H,33,36)(H,34,35). The molecule has 38 heavy (non-hydrogen) atoms. The molecule has 0 saturated carbocycles. The van der Waals surface area contributed by atoms with Crippen molar-refractivity contribution >= 4 is 46.4 Å². The number of rotatable bonds is 10. The number of aromatic nitrogens is 1. The van der Waals surface area contributed by atoms with E-state index in [1.165, 1.54) is 0 Å². The summed E-state index contributed by atoms with van der Waals surface area (Å²) < 4.78 is 5.53. The fourth-order valence-electron chi connectivity index (χ4n) is 3.59. The number of hydrogen-bond donors (Lipinski definition) is 4. The van der Waals surface area contributed by atoms with Crippen molar-refractivity contribution in [2.45, 2.75) is 13.0 Å². The molecule has 0 unspecified atom stereocenters. The second-order valence-corrected chi connectivity index (χ2v) is 9.01. The molecule has 1 aromatic heterocycles. The number of carbonyl (C=O) groups is 2. The van der Waals surface area contributed by atoms with E-state index in [0.717, 1.165) is 11.3 Å². The number of pyridine rings is 1. The lowest BCUT2D eigenvalue weighted by atomic mass is 10.1. The van der Waals surface area contributed by atoms with Crippen LogP contribution in [-0.4, -0.2) is 28.6 Å². The Balaban J connectivity index is 1.37. The Kier molecular flexibility index (Phi) is 9.16. The molecule has 0 bridgehead atoms. The van der Waals surface area contributed by atoms with Crippen molar-refractivity contribution in [2.24, 2.45) is 0 Å². The minimum Gasteiger partial charge on any atom is -0.493 e. The van der Waals surface area contributed by atoms with E-state index in [-0.39, 0.29) is 18.9 Å². The Morgan fingerprint density at radius 2 is 1.76 bits per heavy atom.